The highest BCUT2D eigenvalue weighted by Gasteiger charge is 2.41. The number of imidazole rings is 1. The zero-order valence-corrected chi connectivity index (χ0v) is 16.2. The number of nitrogens with one attached hydrogen (secondary N) is 2. The number of likely N-dealkylation sites (tertiary alicyclic amines) is 1. The van der Waals surface area contributed by atoms with Crippen LogP contribution in [0.5, 0.6) is 5.75 Å². The molecule has 2 aliphatic heterocycles. The Kier molecular flexibility index (Phi) is 4.59. The van der Waals surface area contributed by atoms with Crippen molar-refractivity contribution in [1.82, 2.24) is 14.9 Å². The maximum atomic E-state index is 13.2. The first-order valence-electron chi connectivity index (χ1n) is 9.75. The lowest BCUT2D eigenvalue weighted by Crippen LogP contribution is -2.60. The first-order chi connectivity index (χ1) is 14.4. The number of methoxy groups -OCH3 is 1. The van der Waals surface area contributed by atoms with Crippen LogP contribution in [0, 0.1) is 0 Å². The molecule has 1 aromatic heterocycles. The van der Waals surface area contributed by atoms with E-state index in [4.69, 9.17) is 9.47 Å². The molecule has 2 atom stereocenters. The summed E-state index contributed by atoms with van der Waals surface area (Å²) in [5.74, 6) is -0.221. The van der Waals surface area contributed by atoms with Gasteiger partial charge >= 0.3 is 6.18 Å². The van der Waals surface area contributed by atoms with Gasteiger partial charge in [-0.2, -0.15) is 13.2 Å². The molecule has 0 bridgehead atoms. The molecule has 0 radical (unpaired) electrons. The lowest BCUT2D eigenvalue weighted by molar-refractivity contribution is -0.144. The lowest BCUT2D eigenvalue weighted by atomic mass is 9.92. The van der Waals surface area contributed by atoms with Crippen molar-refractivity contribution in [3.05, 3.63) is 53.9 Å². The number of hydrogen-bond donors (Lipinski definition) is 2. The zero-order chi connectivity index (χ0) is 20.9. The molecule has 0 unspecified atom stereocenters. The Labute approximate surface area is 171 Å². The molecule has 6 nitrogen and oxygen atoms in total. The molecule has 158 valence electrons. The molecule has 30 heavy (non-hydrogen) atoms. The average molecular weight is 418 g/mol. The molecule has 2 N–H and O–H groups in total. The van der Waals surface area contributed by atoms with Gasteiger partial charge in [0.1, 0.15) is 17.9 Å². The number of aromatic amines is 1. The number of fused-ring (bicyclic) bond motifs is 2. The number of rotatable bonds is 4. The summed E-state index contributed by atoms with van der Waals surface area (Å²) in [6.07, 6.45) is -4.34. The second-order valence-corrected chi connectivity index (χ2v) is 7.63. The van der Waals surface area contributed by atoms with Crippen molar-refractivity contribution < 1.29 is 22.6 Å². The summed E-state index contributed by atoms with van der Waals surface area (Å²) in [6.45, 7) is 2.06. The fourth-order valence-electron chi connectivity index (χ4n) is 4.18. The van der Waals surface area contributed by atoms with E-state index in [0.717, 1.165) is 24.4 Å². The molecule has 0 saturated carbocycles. The lowest BCUT2D eigenvalue weighted by Gasteiger charge is -2.48. The molecule has 3 heterocycles. The highest BCUT2D eigenvalue weighted by atomic mass is 19.4. The van der Waals surface area contributed by atoms with Gasteiger partial charge in [-0.1, -0.05) is 24.3 Å². The summed E-state index contributed by atoms with van der Waals surface area (Å²) in [4.78, 5) is 8.47. The summed E-state index contributed by atoms with van der Waals surface area (Å²) in [6, 6.07) is 12.7. The Balaban J connectivity index is 1.51. The van der Waals surface area contributed by atoms with Crippen LogP contribution in [0.25, 0.3) is 11.0 Å². The van der Waals surface area contributed by atoms with E-state index in [1.54, 1.807) is 25.3 Å². The van der Waals surface area contributed by atoms with Gasteiger partial charge in [-0.05, 0) is 18.2 Å². The summed E-state index contributed by atoms with van der Waals surface area (Å²) < 4.78 is 50.8. The van der Waals surface area contributed by atoms with E-state index in [1.165, 1.54) is 0 Å². The summed E-state index contributed by atoms with van der Waals surface area (Å²) in [5, 5.41) is 3.46. The number of H-pyrrole nitrogens is 1. The maximum absolute atomic E-state index is 13.2. The van der Waals surface area contributed by atoms with Gasteiger partial charge in [0.15, 0.2) is 0 Å². The molecule has 9 heteroatoms. The van der Waals surface area contributed by atoms with Crippen molar-refractivity contribution >= 4 is 16.7 Å². The van der Waals surface area contributed by atoms with Gasteiger partial charge in [0.25, 0.3) is 0 Å². The summed E-state index contributed by atoms with van der Waals surface area (Å²) in [5.41, 5.74) is 2.13. The van der Waals surface area contributed by atoms with E-state index in [2.05, 4.69) is 20.2 Å². The second kappa shape index (κ2) is 7.17. The third-order valence-corrected chi connectivity index (χ3v) is 5.82. The fourth-order valence-corrected chi connectivity index (χ4v) is 4.18. The van der Waals surface area contributed by atoms with Crippen molar-refractivity contribution in [2.24, 2.45) is 0 Å². The third kappa shape index (κ3) is 3.27. The smallest absolute Gasteiger partial charge is 0.449 e. The molecule has 0 spiro atoms. The number of ether oxygens (including phenoxy) is 2. The van der Waals surface area contributed by atoms with E-state index in [-0.39, 0.29) is 23.7 Å². The van der Waals surface area contributed by atoms with Gasteiger partial charge in [-0.3, -0.25) is 4.90 Å². The molecule has 1 saturated heterocycles. The molecule has 0 amide bonds. The van der Waals surface area contributed by atoms with Crippen LogP contribution in [-0.2, 0) is 10.9 Å². The molecule has 2 aromatic carbocycles. The summed E-state index contributed by atoms with van der Waals surface area (Å²) in [7, 11) is 1.70. The predicted molar refractivity (Wildman–Crippen MR) is 106 cm³/mol. The van der Waals surface area contributed by atoms with Gasteiger partial charge < -0.3 is 19.8 Å². The number of nitrogens with zero attached hydrogens (tertiary/aromatic N) is 2. The van der Waals surface area contributed by atoms with Crippen molar-refractivity contribution in [1.29, 1.82) is 0 Å². The van der Waals surface area contributed by atoms with Crippen LogP contribution in [0.4, 0.5) is 18.9 Å². The first-order valence-corrected chi connectivity index (χ1v) is 9.75. The van der Waals surface area contributed by atoms with E-state index in [9.17, 15) is 13.2 Å². The van der Waals surface area contributed by atoms with Crippen LogP contribution in [0.2, 0.25) is 0 Å². The second-order valence-electron chi connectivity index (χ2n) is 7.63. The largest absolute Gasteiger partial charge is 0.491 e. The quantitative estimate of drug-likeness (QED) is 0.675. The number of hydrogen-bond acceptors (Lipinski definition) is 5. The van der Waals surface area contributed by atoms with E-state index in [0.29, 0.717) is 17.8 Å². The minimum atomic E-state index is -4.53. The Morgan fingerprint density at radius 2 is 1.97 bits per heavy atom. The van der Waals surface area contributed by atoms with Crippen molar-refractivity contribution in [3.8, 4) is 5.75 Å². The van der Waals surface area contributed by atoms with Crippen LogP contribution >= 0.6 is 0 Å². The minimum Gasteiger partial charge on any atom is -0.491 e. The third-order valence-electron chi connectivity index (χ3n) is 5.82. The van der Waals surface area contributed by atoms with E-state index >= 15 is 0 Å². The number of halogens is 3. The van der Waals surface area contributed by atoms with Crippen LogP contribution in [0.3, 0.4) is 0 Å². The Bertz CT molecular complexity index is 1060. The van der Waals surface area contributed by atoms with Crippen LogP contribution in [0.1, 0.15) is 17.4 Å². The number of para-hydroxylation sites is 2. The monoisotopic (exact) mass is 418 g/mol. The minimum absolute atomic E-state index is 0.0163. The normalized spacial score (nSPS) is 22.4. The fraction of sp³-hybridized carbons (Fsp3) is 0.381. The number of aromatic nitrogens is 2. The molecular weight excluding hydrogens is 397 g/mol. The predicted octanol–water partition coefficient (Wildman–Crippen LogP) is 3.83. The number of anilines is 1. The van der Waals surface area contributed by atoms with E-state index < -0.39 is 12.0 Å². The van der Waals surface area contributed by atoms with Gasteiger partial charge in [-0.25, -0.2) is 4.98 Å². The van der Waals surface area contributed by atoms with Gasteiger partial charge in [0.05, 0.1) is 29.4 Å². The van der Waals surface area contributed by atoms with Crippen molar-refractivity contribution in [2.45, 2.75) is 24.4 Å². The standard InChI is InChI=1S/C21H21F3N4O2/c1-29-12-9-28(10-12)16-11-30-17-8-3-2-5-13(17)18(16)25-14-6-4-7-15-19(14)27-20(26-15)21(22,23)24/h2-8,12,16,18,25H,9-11H2,1H3,(H,26,27)/t16-,18-/m0/s1. The SMILES string of the molecule is COC1CN([C@H]2COc3ccccc3[C@@H]2Nc2cccc3[nH]c(C(F)(F)F)nc23)C1. The summed E-state index contributed by atoms with van der Waals surface area (Å²) >= 11 is 0. The van der Waals surface area contributed by atoms with Gasteiger partial charge in [0.2, 0.25) is 5.82 Å². The molecule has 3 aromatic rings. The van der Waals surface area contributed by atoms with Crippen molar-refractivity contribution in [3.63, 3.8) is 0 Å². The van der Waals surface area contributed by atoms with Crippen molar-refractivity contribution in [2.75, 3.05) is 32.1 Å². The molecule has 0 aliphatic carbocycles. The number of alkyl halides is 3. The Morgan fingerprint density at radius 3 is 2.73 bits per heavy atom. The average Bonchev–Trinajstić information content (AvgIpc) is 3.14. The molecule has 2 aliphatic rings. The molecule has 1 fully saturated rings. The van der Waals surface area contributed by atoms with Crippen LogP contribution < -0.4 is 10.1 Å². The maximum Gasteiger partial charge on any atom is 0.449 e. The van der Waals surface area contributed by atoms with E-state index in [1.807, 2.05) is 24.3 Å². The van der Waals surface area contributed by atoms with Gasteiger partial charge in [0, 0.05) is 25.8 Å². The topological polar surface area (TPSA) is 62.4 Å². The molecular formula is C21H21F3N4O2. The van der Waals surface area contributed by atoms with Crippen LogP contribution in [-0.4, -0.2) is 53.8 Å². The van der Waals surface area contributed by atoms with Gasteiger partial charge in [-0.15, -0.1) is 0 Å². The first kappa shape index (κ1) is 19.2. The number of benzene rings is 2. The van der Waals surface area contributed by atoms with Crippen LogP contribution in [0.15, 0.2) is 42.5 Å². The Morgan fingerprint density at radius 1 is 1.17 bits per heavy atom. The molecule has 5 rings (SSSR count). The Hall–Kier alpha value is -2.78. The highest BCUT2D eigenvalue weighted by Crippen LogP contribution is 2.39. The zero-order valence-electron chi connectivity index (χ0n) is 16.2. The highest BCUT2D eigenvalue weighted by molar-refractivity contribution is 5.88.